The van der Waals surface area contributed by atoms with Gasteiger partial charge in [-0.05, 0) is 30.7 Å². The molecule has 0 amide bonds. The largest absolute Gasteiger partial charge is 0.469 e. The molecule has 0 fully saturated rings. The van der Waals surface area contributed by atoms with Crippen molar-refractivity contribution < 1.29 is 4.74 Å². The lowest BCUT2D eigenvalue weighted by molar-refractivity contribution is 0.293. The second-order valence-corrected chi connectivity index (χ2v) is 6.44. The van der Waals surface area contributed by atoms with Crippen LogP contribution in [0, 0.1) is 0 Å². The third-order valence-corrected chi connectivity index (χ3v) is 4.25. The predicted octanol–water partition coefficient (Wildman–Crippen LogP) is 4.41. The van der Waals surface area contributed by atoms with E-state index in [1.807, 2.05) is 48.5 Å². The van der Waals surface area contributed by atoms with Gasteiger partial charge in [-0.3, -0.25) is 4.98 Å². The first-order valence-electron chi connectivity index (χ1n) is 9.43. The van der Waals surface area contributed by atoms with Crippen LogP contribution in [0.2, 0.25) is 0 Å². The zero-order chi connectivity index (χ0) is 19.2. The van der Waals surface area contributed by atoms with Crippen molar-refractivity contribution in [2.75, 3.05) is 5.32 Å². The van der Waals surface area contributed by atoms with Gasteiger partial charge in [-0.15, -0.1) is 0 Å². The highest BCUT2D eigenvalue weighted by Gasteiger charge is 2.14. The van der Waals surface area contributed by atoms with E-state index in [-0.39, 0.29) is 0 Å². The standard InChI is InChI=1S/C21H22N6O/c1-2-3-12-17-24-18-19(25-17)26-21(23-15-9-5-4-6-10-15)27-20(18)28-14-16-11-7-8-13-22-16/h4-11,13H,2-3,12,14H2,1H3,(H2,23,24,25,26,27). The second kappa shape index (κ2) is 8.47. The molecule has 28 heavy (non-hydrogen) atoms. The third-order valence-electron chi connectivity index (χ3n) is 4.25. The first kappa shape index (κ1) is 17.9. The lowest BCUT2D eigenvalue weighted by Gasteiger charge is -2.09. The highest BCUT2D eigenvalue weighted by molar-refractivity contribution is 5.78. The first-order chi connectivity index (χ1) is 13.8. The molecule has 0 spiro atoms. The molecular weight excluding hydrogens is 352 g/mol. The third kappa shape index (κ3) is 4.25. The highest BCUT2D eigenvalue weighted by atomic mass is 16.5. The molecule has 0 saturated carbocycles. The Kier molecular flexibility index (Phi) is 5.42. The number of imidazole rings is 1. The van der Waals surface area contributed by atoms with Crippen LogP contribution in [-0.4, -0.2) is 24.9 Å². The number of aromatic amines is 1. The molecule has 0 radical (unpaired) electrons. The summed E-state index contributed by atoms with van der Waals surface area (Å²) < 4.78 is 5.98. The fraction of sp³-hybridized carbons (Fsp3) is 0.238. The average molecular weight is 374 g/mol. The van der Waals surface area contributed by atoms with Crippen LogP contribution in [0.15, 0.2) is 54.7 Å². The minimum Gasteiger partial charge on any atom is -0.469 e. The van der Waals surface area contributed by atoms with Crippen molar-refractivity contribution in [3.63, 3.8) is 0 Å². The fourth-order valence-corrected chi connectivity index (χ4v) is 2.82. The number of H-pyrrole nitrogens is 1. The van der Waals surface area contributed by atoms with Gasteiger partial charge in [0.15, 0.2) is 5.65 Å². The van der Waals surface area contributed by atoms with E-state index < -0.39 is 0 Å². The molecule has 7 heteroatoms. The van der Waals surface area contributed by atoms with Crippen LogP contribution < -0.4 is 10.1 Å². The van der Waals surface area contributed by atoms with Crippen LogP contribution in [0.1, 0.15) is 31.3 Å². The number of hydrogen-bond acceptors (Lipinski definition) is 6. The number of fused-ring (bicyclic) bond motifs is 1. The summed E-state index contributed by atoms with van der Waals surface area (Å²) in [5.41, 5.74) is 3.04. The molecular formula is C21H22N6O. The summed E-state index contributed by atoms with van der Waals surface area (Å²) in [7, 11) is 0. The maximum absolute atomic E-state index is 5.98. The summed E-state index contributed by atoms with van der Waals surface area (Å²) in [5.74, 6) is 1.80. The van der Waals surface area contributed by atoms with Crippen molar-refractivity contribution >= 4 is 22.8 Å². The molecule has 3 heterocycles. The molecule has 4 aromatic rings. The molecule has 0 bridgehead atoms. The van der Waals surface area contributed by atoms with Gasteiger partial charge in [0.05, 0.1) is 5.69 Å². The van der Waals surface area contributed by atoms with E-state index in [1.54, 1.807) is 6.20 Å². The van der Waals surface area contributed by atoms with Crippen LogP contribution in [-0.2, 0) is 13.0 Å². The van der Waals surface area contributed by atoms with E-state index in [2.05, 4.69) is 37.2 Å². The molecule has 0 aliphatic rings. The van der Waals surface area contributed by atoms with Gasteiger partial charge in [-0.25, -0.2) is 4.98 Å². The van der Waals surface area contributed by atoms with E-state index in [9.17, 15) is 0 Å². The number of hydrogen-bond donors (Lipinski definition) is 2. The number of pyridine rings is 1. The Bertz CT molecular complexity index is 1030. The fourth-order valence-electron chi connectivity index (χ4n) is 2.82. The molecule has 7 nitrogen and oxygen atoms in total. The van der Waals surface area contributed by atoms with E-state index >= 15 is 0 Å². The number of nitrogens with zero attached hydrogens (tertiary/aromatic N) is 4. The Labute approximate surface area is 163 Å². The number of para-hydroxylation sites is 1. The first-order valence-corrected chi connectivity index (χ1v) is 9.43. The summed E-state index contributed by atoms with van der Waals surface area (Å²) >= 11 is 0. The molecule has 0 atom stereocenters. The quantitative estimate of drug-likeness (QED) is 0.475. The van der Waals surface area contributed by atoms with Gasteiger partial charge in [-0.2, -0.15) is 9.97 Å². The summed E-state index contributed by atoms with van der Waals surface area (Å²) in [6.07, 6.45) is 4.78. The van der Waals surface area contributed by atoms with Gasteiger partial charge in [0, 0.05) is 18.3 Å². The monoisotopic (exact) mass is 374 g/mol. The Morgan fingerprint density at radius 1 is 1.00 bits per heavy atom. The number of unbranched alkanes of at least 4 members (excludes halogenated alkanes) is 1. The van der Waals surface area contributed by atoms with Crippen LogP contribution in [0.4, 0.5) is 11.6 Å². The summed E-state index contributed by atoms with van der Waals surface area (Å²) in [5, 5.41) is 3.22. The molecule has 4 rings (SSSR count). The normalized spacial score (nSPS) is 10.9. The molecule has 3 aromatic heterocycles. The van der Waals surface area contributed by atoms with Gasteiger partial charge < -0.3 is 15.0 Å². The van der Waals surface area contributed by atoms with Crippen LogP contribution in [0.3, 0.4) is 0 Å². The molecule has 0 aliphatic carbocycles. The van der Waals surface area contributed by atoms with E-state index in [1.165, 1.54) is 0 Å². The van der Waals surface area contributed by atoms with Crippen LogP contribution in [0.25, 0.3) is 11.2 Å². The lowest BCUT2D eigenvalue weighted by Crippen LogP contribution is -2.03. The topological polar surface area (TPSA) is 88.6 Å². The van der Waals surface area contributed by atoms with Gasteiger partial charge >= 0.3 is 0 Å². The second-order valence-electron chi connectivity index (χ2n) is 6.44. The molecule has 0 unspecified atom stereocenters. The lowest BCUT2D eigenvalue weighted by atomic mass is 10.2. The summed E-state index contributed by atoms with van der Waals surface area (Å²) in [4.78, 5) is 21.4. The summed E-state index contributed by atoms with van der Waals surface area (Å²) in [6, 6.07) is 15.5. The SMILES string of the molecule is CCCCc1nc2nc(Nc3ccccc3)nc(OCc3ccccn3)c2[nH]1. The number of aryl methyl sites for hydroxylation is 1. The number of nitrogens with one attached hydrogen (secondary N) is 2. The van der Waals surface area contributed by atoms with Gasteiger partial charge in [0.2, 0.25) is 11.8 Å². The predicted molar refractivity (Wildman–Crippen MR) is 109 cm³/mol. The van der Waals surface area contributed by atoms with E-state index in [0.717, 1.165) is 36.5 Å². The van der Waals surface area contributed by atoms with Gasteiger partial charge in [-0.1, -0.05) is 37.6 Å². The molecule has 1 aromatic carbocycles. The number of ether oxygens (including phenoxy) is 1. The minimum absolute atomic E-state index is 0.320. The number of aromatic nitrogens is 5. The van der Waals surface area contributed by atoms with Crippen LogP contribution in [0.5, 0.6) is 5.88 Å². The molecule has 142 valence electrons. The minimum atomic E-state index is 0.320. The summed E-state index contributed by atoms with van der Waals surface area (Å²) in [6.45, 7) is 2.48. The Hall–Kier alpha value is -3.48. The Morgan fingerprint density at radius 3 is 2.64 bits per heavy atom. The van der Waals surface area contributed by atoms with Gasteiger partial charge in [0.25, 0.3) is 0 Å². The Balaban J connectivity index is 1.65. The number of anilines is 2. The maximum Gasteiger partial charge on any atom is 0.245 e. The molecule has 2 N–H and O–H groups in total. The zero-order valence-electron chi connectivity index (χ0n) is 15.7. The van der Waals surface area contributed by atoms with Crippen LogP contribution >= 0.6 is 0 Å². The van der Waals surface area contributed by atoms with Crippen molar-refractivity contribution in [3.05, 3.63) is 66.2 Å². The number of benzene rings is 1. The highest BCUT2D eigenvalue weighted by Crippen LogP contribution is 2.25. The Morgan fingerprint density at radius 2 is 1.86 bits per heavy atom. The van der Waals surface area contributed by atoms with Gasteiger partial charge in [0.1, 0.15) is 17.9 Å². The van der Waals surface area contributed by atoms with Crippen molar-refractivity contribution in [1.82, 2.24) is 24.9 Å². The average Bonchev–Trinajstić information content (AvgIpc) is 3.15. The number of rotatable bonds is 8. The smallest absolute Gasteiger partial charge is 0.245 e. The van der Waals surface area contributed by atoms with Crippen molar-refractivity contribution in [3.8, 4) is 5.88 Å². The zero-order valence-corrected chi connectivity index (χ0v) is 15.7. The van der Waals surface area contributed by atoms with Crippen molar-refractivity contribution in [2.24, 2.45) is 0 Å². The molecule has 0 saturated heterocycles. The maximum atomic E-state index is 5.98. The van der Waals surface area contributed by atoms with Crippen molar-refractivity contribution in [1.29, 1.82) is 0 Å². The molecule has 0 aliphatic heterocycles. The van der Waals surface area contributed by atoms with Crippen molar-refractivity contribution in [2.45, 2.75) is 32.8 Å². The van der Waals surface area contributed by atoms with E-state index in [4.69, 9.17) is 4.74 Å². The van der Waals surface area contributed by atoms with E-state index in [0.29, 0.717) is 29.6 Å².